The van der Waals surface area contributed by atoms with Gasteiger partial charge in [-0.15, -0.1) is 0 Å². The summed E-state index contributed by atoms with van der Waals surface area (Å²) in [7, 11) is -3.96. The summed E-state index contributed by atoms with van der Waals surface area (Å²) in [5.74, 6) is 0. The van der Waals surface area contributed by atoms with Crippen molar-refractivity contribution in [3.05, 3.63) is 301 Å². The van der Waals surface area contributed by atoms with Crippen LogP contribution in [0.4, 0.5) is 34.1 Å². The van der Waals surface area contributed by atoms with Crippen LogP contribution in [0.5, 0.6) is 0 Å². The second-order valence-corrected chi connectivity index (χ2v) is 28.5. The molecule has 3 nitrogen and oxygen atoms in total. The summed E-state index contributed by atoms with van der Waals surface area (Å²) in [6.45, 7) is 8.68. The molecule has 0 saturated heterocycles. The molecule has 2 aliphatic rings. The molecule has 0 radical (unpaired) electrons. The Balaban J connectivity index is 1.07. The summed E-state index contributed by atoms with van der Waals surface area (Å²) in [5.41, 5.74) is 21.9. The molecule has 0 unspecified atom stereocenters. The van der Waals surface area contributed by atoms with Crippen molar-refractivity contribution in [2.45, 2.75) is 27.7 Å². The Morgan fingerprint density at radius 3 is 1.23 bits per heavy atom. The van der Waals surface area contributed by atoms with Crippen molar-refractivity contribution in [3.8, 4) is 16.8 Å². The van der Waals surface area contributed by atoms with E-state index in [1.807, 2.05) is 0 Å². The fourth-order valence-electron chi connectivity index (χ4n) is 13.6. The number of rotatable bonds is 10. The van der Waals surface area contributed by atoms with Crippen molar-refractivity contribution in [1.29, 1.82) is 0 Å². The average Bonchev–Trinajstić information content (AvgIpc) is 1.75. The van der Waals surface area contributed by atoms with Gasteiger partial charge >= 0.3 is 0 Å². The topological polar surface area (TPSA) is 11.4 Å². The van der Waals surface area contributed by atoms with Crippen LogP contribution in [0, 0.1) is 27.7 Å². The molecular weight excluding hydrogens is 1020 g/mol. The van der Waals surface area contributed by atoms with Crippen LogP contribution in [0.1, 0.15) is 22.3 Å². The van der Waals surface area contributed by atoms with E-state index in [4.69, 9.17) is 0 Å². The lowest BCUT2D eigenvalue weighted by atomic mass is 9.33. The molecule has 0 saturated carbocycles. The number of anilines is 6. The number of fused-ring (bicyclic) bond motifs is 7. The van der Waals surface area contributed by atoms with Gasteiger partial charge in [0.25, 0.3) is 6.71 Å². The molecule has 0 fully saturated rings. The van der Waals surface area contributed by atoms with E-state index < -0.39 is 17.6 Å². The second kappa shape index (κ2) is 20.3. The maximum absolute atomic E-state index is 2.65. The molecule has 0 atom stereocenters. The minimum Gasteiger partial charge on any atom is -0.311 e. The predicted octanol–water partition coefficient (Wildman–Crippen LogP) is 12.3. The summed E-state index contributed by atoms with van der Waals surface area (Å²) in [4.78, 5) is 5.23. The quantitative estimate of drug-likeness (QED) is 0.0999. The van der Waals surface area contributed by atoms with E-state index in [1.165, 1.54) is 125 Å². The summed E-state index contributed by atoms with van der Waals surface area (Å²) in [6, 6.07) is 107. The fraction of sp³-hybridized carbons (Fsp3) is 0.0526. The van der Waals surface area contributed by atoms with E-state index >= 15 is 0 Å². The summed E-state index contributed by atoms with van der Waals surface area (Å²) in [6.07, 6.45) is 0. The van der Waals surface area contributed by atoms with Crippen molar-refractivity contribution >= 4 is 128 Å². The zero-order valence-corrected chi connectivity index (χ0v) is 48.9. The lowest BCUT2D eigenvalue weighted by Gasteiger charge is -2.45. The maximum atomic E-state index is 2.65. The predicted molar refractivity (Wildman–Crippen MR) is 357 cm³/mol. The van der Waals surface area contributed by atoms with E-state index in [0.717, 1.165) is 17.1 Å². The van der Waals surface area contributed by atoms with Crippen LogP contribution in [0.2, 0.25) is 0 Å². The number of aryl methyl sites for hydroxylation is 4. The van der Waals surface area contributed by atoms with Gasteiger partial charge in [-0.25, -0.2) is 0 Å². The molecule has 3 heterocycles. The van der Waals surface area contributed by atoms with Gasteiger partial charge in [-0.2, -0.15) is 0 Å². The van der Waals surface area contributed by atoms with E-state index in [-0.39, 0.29) is 6.71 Å². The third-order valence-electron chi connectivity index (χ3n) is 17.4. The molecule has 0 amide bonds. The molecule has 82 heavy (non-hydrogen) atoms. The zero-order chi connectivity index (χ0) is 55.0. The van der Waals surface area contributed by atoms with Crippen LogP contribution in [-0.2, 0) is 0 Å². The minimum atomic E-state index is -2.00. The molecule has 0 aliphatic carbocycles. The van der Waals surface area contributed by atoms with Crippen LogP contribution in [0.25, 0.3) is 38.6 Å². The van der Waals surface area contributed by atoms with Crippen molar-refractivity contribution in [1.82, 2.24) is 4.57 Å². The molecule has 12 aromatic carbocycles. The lowest BCUT2D eigenvalue weighted by molar-refractivity contribution is 1.16. The molecule has 13 aromatic rings. The Labute approximate surface area is 485 Å². The van der Waals surface area contributed by atoms with Crippen LogP contribution in [0.3, 0.4) is 0 Å². The zero-order valence-electron chi connectivity index (χ0n) is 46.6. The monoisotopic (exact) mass is 1080 g/mol. The standard InChI is InChI=1S/C76H60BN3Si2/c1-51-28-34-55(35-29-51)56-36-42-72-68(46-56)77-69-50-65(82(62-23-13-7-14-24-62)63-25-15-8-16-26-63)39-43-73(69)79(58-18-17-27-64(47-58)81(60-19-9-5-10-20-60)61-21-11-6-12-22-61)75-49-59(48-74(76(75)77)78(72)57-37-30-52(2)31-38-57)80-70-40-32-53(3)44-66(70)67-45-54(4)33-41-71(67)80/h5-50,81-82H,1-4H3. The maximum Gasteiger partial charge on any atom is 0.252 e. The SMILES string of the molecule is Cc1ccc(-c2ccc3c(c2)B2c4cc([SiH](c5ccccc5)c5ccccc5)ccc4N(c4cccc([SiH](c5ccccc5)c5ccccc5)c4)c4cc(-n5c6ccc(C)cc6c6cc(C)ccc65)cc(c42)N3c2ccc(C)cc2)cc1. The van der Waals surface area contributed by atoms with Crippen molar-refractivity contribution in [3.63, 3.8) is 0 Å². The summed E-state index contributed by atoms with van der Waals surface area (Å²) >= 11 is 0. The highest BCUT2D eigenvalue weighted by molar-refractivity contribution is 7.01. The molecule has 390 valence electrons. The number of benzene rings is 12. The van der Waals surface area contributed by atoms with Gasteiger partial charge < -0.3 is 14.4 Å². The molecule has 0 spiro atoms. The molecule has 1 aromatic heterocycles. The normalized spacial score (nSPS) is 12.5. The minimum absolute atomic E-state index is 0.115. The molecule has 15 rings (SSSR count). The molecule has 2 aliphatic heterocycles. The highest BCUT2D eigenvalue weighted by Gasteiger charge is 2.45. The average molecular weight is 1080 g/mol. The molecule has 0 N–H and O–H groups in total. The smallest absolute Gasteiger partial charge is 0.252 e. The Morgan fingerprint density at radius 1 is 0.280 bits per heavy atom. The van der Waals surface area contributed by atoms with Gasteiger partial charge in [0.1, 0.15) is 17.6 Å². The van der Waals surface area contributed by atoms with E-state index in [0.29, 0.717) is 0 Å². The van der Waals surface area contributed by atoms with E-state index in [9.17, 15) is 0 Å². The number of aromatic nitrogens is 1. The fourth-order valence-corrected chi connectivity index (χ4v) is 19.6. The molecule has 6 heteroatoms. The largest absolute Gasteiger partial charge is 0.311 e. The van der Waals surface area contributed by atoms with Gasteiger partial charge in [-0.05, 0) is 128 Å². The van der Waals surface area contributed by atoms with Gasteiger partial charge in [-0.1, -0.05) is 260 Å². The van der Waals surface area contributed by atoms with Gasteiger partial charge in [0.15, 0.2) is 0 Å². The van der Waals surface area contributed by atoms with Crippen LogP contribution in [0.15, 0.2) is 279 Å². The van der Waals surface area contributed by atoms with Crippen LogP contribution >= 0.6 is 0 Å². The number of nitrogens with zero attached hydrogens (tertiary/aromatic N) is 3. The lowest BCUT2D eigenvalue weighted by Crippen LogP contribution is -2.63. The Hall–Kier alpha value is -9.46. The summed E-state index contributed by atoms with van der Waals surface area (Å²) < 4.78 is 2.54. The third kappa shape index (κ3) is 8.48. The van der Waals surface area contributed by atoms with Gasteiger partial charge in [-0.3, -0.25) is 0 Å². The van der Waals surface area contributed by atoms with Gasteiger partial charge in [0.2, 0.25) is 0 Å². The van der Waals surface area contributed by atoms with Crippen molar-refractivity contribution in [2.24, 2.45) is 0 Å². The molecular formula is C76H60BN3Si2. The van der Waals surface area contributed by atoms with Crippen molar-refractivity contribution in [2.75, 3.05) is 9.80 Å². The first-order chi connectivity index (χ1) is 40.3. The Bertz CT molecular complexity index is 4420. The van der Waals surface area contributed by atoms with Crippen LogP contribution in [-0.4, -0.2) is 28.9 Å². The first kappa shape index (κ1) is 49.6. The van der Waals surface area contributed by atoms with Gasteiger partial charge in [0, 0.05) is 44.9 Å². The highest BCUT2D eigenvalue weighted by atomic mass is 28.3. The highest BCUT2D eigenvalue weighted by Crippen LogP contribution is 2.47. The second-order valence-electron chi connectivity index (χ2n) is 22.8. The third-order valence-corrected chi connectivity index (χ3v) is 23.7. The first-order valence-electron chi connectivity index (χ1n) is 28.8. The number of hydrogen-bond donors (Lipinski definition) is 0. The Kier molecular flexibility index (Phi) is 12.2. The Morgan fingerprint density at radius 2 is 0.707 bits per heavy atom. The number of hydrogen-bond acceptors (Lipinski definition) is 2. The van der Waals surface area contributed by atoms with E-state index in [2.05, 4.69) is 321 Å². The first-order valence-corrected chi connectivity index (χ1v) is 32.3. The summed E-state index contributed by atoms with van der Waals surface area (Å²) in [5, 5.41) is 10.9. The van der Waals surface area contributed by atoms with Gasteiger partial charge in [0.05, 0.1) is 16.7 Å². The van der Waals surface area contributed by atoms with Crippen molar-refractivity contribution < 1.29 is 0 Å². The van der Waals surface area contributed by atoms with Crippen LogP contribution < -0.4 is 57.3 Å². The van der Waals surface area contributed by atoms with E-state index in [1.54, 1.807) is 0 Å². The molecule has 0 bridgehead atoms.